The summed E-state index contributed by atoms with van der Waals surface area (Å²) < 4.78 is 4.76. The summed E-state index contributed by atoms with van der Waals surface area (Å²) in [6, 6.07) is 4.04. The van der Waals surface area contributed by atoms with Gasteiger partial charge in [-0.3, -0.25) is 0 Å². The molecule has 0 radical (unpaired) electrons. The predicted octanol–water partition coefficient (Wildman–Crippen LogP) is 1.98. The van der Waals surface area contributed by atoms with Crippen LogP contribution in [-0.4, -0.2) is 19.1 Å². The second-order valence-corrected chi connectivity index (χ2v) is 4.26. The van der Waals surface area contributed by atoms with Gasteiger partial charge in [0.05, 0.1) is 12.7 Å². The van der Waals surface area contributed by atoms with Crippen molar-refractivity contribution in [3.63, 3.8) is 0 Å². The van der Waals surface area contributed by atoms with E-state index >= 15 is 0 Å². The molecule has 3 heteroatoms. The van der Waals surface area contributed by atoms with Crippen molar-refractivity contribution in [2.75, 3.05) is 7.11 Å². The Morgan fingerprint density at radius 3 is 2.56 bits per heavy atom. The number of ether oxygens (including phenoxy) is 1. The maximum atomic E-state index is 11.6. The maximum Gasteiger partial charge on any atom is 0.338 e. The van der Waals surface area contributed by atoms with E-state index in [0.29, 0.717) is 5.56 Å². The zero-order valence-electron chi connectivity index (χ0n) is 10.3. The smallest absolute Gasteiger partial charge is 0.338 e. The number of hydrogen-bond acceptors (Lipinski definition) is 3. The van der Waals surface area contributed by atoms with Crippen molar-refractivity contribution in [2.45, 2.75) is 33.2 Å². The van der Waals surface area contributed by atoms with Crippen LogP contribution in [0.1, 0.15) is 34.0 Å². The Bertz CT molecular complexity index is 397. The second kappa shape index (κ2) is 5.12. The molecule has 0 aliphatic rings. The number of aryl methyl sites for hydroxylation is 1. The molecular formula is C13H19NO2. The lowest BCUT2D eigenvalue weighted by Crippen LogP contribution is -2.18. The molecule has 0 saturated heterocycles. The largest absolute Gasteiger partial charge is 0.465 e. The molecule has 0 aromatic heterocycles. The molecule has 0 amide bonds. The number of carbonyl (C=O) groups is 1. The highest BCUT2D eigenvalue weighted by atomic mass is 16.5. The molecule has 0 aliphatic heterocycles. The van der Waals surface area contributed by atoms with Crippen molar-refractivity contribution in [1.82, 2.24) is 0 Å². The summed E-state index contributed by atoms with van der Waals surface area (Å²) in [4.78, 5) is 11.6. The van der Waals surface area contributed by atoms with Crippen LogP contribution in [0.5, 0.6) is 0 Å². The predicted molar refractivity (Wildman–Crippen MR) is 64.6 cm³/mol. The maximum absolute atomic E-state index is 11.6. The summed E-state index contributed by atoms with van der Waals surface area (Å²) in [7, 11) is 1.40. The van der Waals surface area contributed by atoms with Gasteiger partial charge in [0.15, 0.2) is 0 Å². The van der Waals surface area contributed by atoms with Crippen LogP contribution >= 0.6 is 0 Å². The molecule has 1 aromatic rings. The summed E-state index contributed by atoms with van der Waals surface area (Å²) in [5.74, 6) is -0.285. The summed E-state index contributed by atoms with van der Waals surface area (Å²) in [5, 5.41) is 0. The molecule has 0 spiro atoms. The Morgan fingerprint density at radius 2 is 2.06 bits per heavy atom. The molecule has 2 N–H and O–H groups in total. The lowest BCUT2D eigenvalue weighted by atomic mass is 9.96. The Hall–Kier alpha value is -1.35. The average molecular weight is 221 g/mol. The zero-order valence-corrected chi connectivity index (χ0v) is 10.3. The third kappa shape index (κ3) is 2.83. The molecule has 0 fully saturated rings. The van der Waals surface area contributed by atoms with Gasteiger partial charge in [-0.25, -0.2) is 4.79 Å². The molecular weight excluding hydrogens is 202 g/mol. The number of benzene rings is 1. The van der Waals surface area contributed by atoms with E-state index in [-0.39, 0.29) is 12.0 Å². The lowest BCUT2D eigenvalue weighted by molar-refractivity contribution is 0.0599. The molecule has 1 atom stereocenters. The number of methoxy groups -OCH3 is 1. The van der Waals surface area contributed by atoms with Gasteiger partial charge in [-0.1, -0.05) is 6.07 Å². The number of rotatable bonds is 3. The molecule has 16 heavy (non-hydrogen) atoms. The highest BCUT2D eigenvalue weighted by Gasteiger charge is 2.12. The van der Waals surface area contributed by atoms with Gasteiger partial charge in [-0.2, -0.15) is 0 Å². The highest BCUT2D eigenvalue weighted by molar-refractivity contribution is 5.91. The molecule has 0 saturated carbocycles. The molecule has 0 bridgehead atoms. The first kappa shape index (κ1) is 12.7. The highest BCUT2D eigenvalue weighted by Crippen LogP contribution is 2.18. The van der Waals surface area contributed by atoms with Crippen LogP contribution in [0.3, 0.4) is 0 Å². The third-order valence-corrected chi connectivity index (χ3v) is 2.69. The Labute approximate surface area is 96.6 Å². The standard InChI is InChI=1S/C13H19NO2/c1-8-5-11(6-9(2)14)7-12(10(8)3)13(15)16-4/h5,7,9H,6,14H2,1-4H3. The van der Waals surface area contributed by atoms with Crippen molar-refractivity contribution in [3.8, 4) is 0 Å². The SMILES string of the molecule is COC(=O)c1cc(CC(C)N)cc(C)c1C. The van der Waals surface area contributed by atoms with Gasteiger partial charge >= 0.3 is 5.97 Å². The van der Waals surface area contributed by atoms with Crippen LogP contribution in [0.2, 0.25) is 0 Å². The van der Waals surface area contributed by atoms with Gasteiger partial charge in [0.2, 0.25) is 0 Å². The molecule has 1 unspecified atom stereocenters. The van der Waals surface area contributed by atoms with Crippen molar-refractivity contribution in [3.05, 3.63) is 34.4 Å². The minimum Gasteiger partial charge on any atom is -0.465 e. The summed E-state index contributed by atoms with van der Waals surface area (Å²) in [5.41, 5.74) is 9.54. The first-order valence-corrected chi connectivity index (χ1v) is 5.39. The monoisotopic (exact) mass is 221 g/mol. The van der Waals surface area contributed by atoms with Crippen LogP contribution < -0.4 is 5.73 Å². The molecule has 1 rings (SSSR count). The van der Waals surface area contributed by atoms with E-state index in [2.05, 4.69) is 6.07 Å². The first-order chi connectivity index (χ1) is 7.45. The molecule has 0 aliphatic carbocycles. The quantitative estimate of drug-likeness (QED) is 0.794. The molecule has 0 heterocycles. The third-order valence-electron chi connectivity index (χ3n) is 2.69. The molecule has 1 aromatic carbocycles. The fourth-order valence-corrected chi connectivity index (χ4v) is 1.75. The van der Waals surface area contributed by atoms with Gasteiger partial charge in [0, 0.05) is 6.04 Å². The zero-order chi connectivity index (χ0) is 12.3. The summed E-state index contributed by atoms with van der Waals surface area (Å²) in [6.07, 6.45) is 0.769. The van der Waals surface area contributed by atoms with Crippen molar-refractivity contribution in [2.24, 2.45) is 5.73 Å². The molecule has 3 nitrogen and oxygen atoms in total. The number of hydrogen-bond donors (Lipinski definition) is 1. The van der Waals surface area contributed by atoms with Gasteiger partial charge in [-0.05, 0) is 49.9 Å². The number of nitrogens with two attached hydrogens (primary N) is 1. The minimum atomic E-state index is -0.285. The van der Waals surface area contributed by atoms with Crippen molar-refractivity contribution >= 4 is 5.97 Å². The van der Waals surface area contributed by atoms with Crippen molar-refractivity contribution < 1.29 is 9.53 Å². The summed E-state index contributed by atoms with van der Waals surface area (Å²) in [6.45, 7) is 5.87. The van der Waals surface area contributed by atoms with E-state index in [1.54, 1.807) is 0 Å². The molecule has 88 valence electrons. The van der Waals surface area contributed by atoms with E-state index in [4.69, 9.17) is 10.5 Å². The number of esters is 1. The number of carbonyl (C=O) groups excluding carboxylic acids is 1. The van der Waals surface area contributed by atoms with Crippen LogP contribution in [-0.2, 0) is 11.2 Å². The van der Waals surface area contributed by atoms with E-state index in [1.807, 2.05) is 26.8 Å². The van der Waals surface area contributed by atoms with E-state index in [9.17, 15) is 4.79 Å². The lowest BCUT2D eigenvalue weighted by Gasteiger charge is -2.12. The first-order valence-electron chi connectivity index (χ1n) is 5.39. The fraction of sp³-hybridized carbons (Fsp3) is 0.462. The Kier molecular flexibility index (Phi) is 4.07. The van der Waals surface area contributed by atoms with Crippen molar-refractivity contribution in [1.29, 1.82) is 0 Å². The van der Waals surface area contributed by atoms with Gasteiger partial charge in [0.25, 0.3) is 0 Å². The van der Waals surface area contributed by atoms with Crippen LogP contribution in [0.4, 0.5) is 0 Å². The Morgan fingerprint density at radius 1 is 1.44 bits per heavy atom. The summed E-state index contributed by atoms with van der Waals surface area (Å²) >= 11 is 0. The normalized spacial score (nSPS) is 12.3. The van der Waals surface area contributed by atoms with Crippen LogP contribution in [0.15, 0.2) is 12.1 Å². The van der Waals surface area contributed by atoms with E-state index in [0.717, 1.165) is 23.1 Å². The van der Waals surface area contributed by atoms with E-state index in [1.165, 1.54) is 7.11 Å². The van der Waals surface area contributed by atoms with Gasteiger partial charge < -0.3 is 10.5 Å². The van der Waals surface area contributed by atoms with Crippen LogP contribution in [0.25, 0.3) is 0 Å². The fourth-order valence-electron chi connectivity index (χ4n) is 1.75. The van der Waals surface area contributed by atoms with Gasteiger partial charge in [0.1, 0.15) is 0 Å². The van der Waals surface area contributed by atoms with Gasteiger partial charge in [-0.15, -0.1) is 0 Å². The van der Waals surface area contributed by atoms with Crippen LogP contribution in [0, 0.1) is 13.8 Å². The second-order valence-electron chi connectivity index (χ2n) is 4.26. The Balaban J connectivity index is 3.16. The topological polar surface area (TPSA) is 52.3 Å². The average Bonchev–Trinajstić information content (AvgIpc) is 2.21. The van der Waals surface area contributed by atoms with E-state index < -0.39 is 0 Å². The minimum absolute atomic E-state index is 0.0904.